The van der Waals surface area contributed by atoms with Crippen LogP contribution >= 0.6 is 0 Å². The van der Waals surface area contributed by atoms with Gasteiger partial charge in [0, 0.05) is 19.6 Å². The van der Waals surface area contributed by atoms with Crippen LogP contribution in [0.15, 0.2) is 0 Å². The number of carbonyl (C=O) groups excluding carboxylic acids is 1. The molecule has 0 aromatic heterocycles. The van der Waals surface area contributed by atoms with Gasteiger partial charge in [-0.1, -0.05) is 0 Å². The molecular formula is C13H21NO5. The van der Waals surface area contributed by atoms with Gasteiger partial charge in [0.05, 0.1) is 19.3 Å². The predicted octanol–water partition coefficient (Wildman–Crippen LogP) is 0.648. The Hall–Kier alpha value is -1.14. The number of hydrogen-bond donors (Lipinski definition) is 1. The average Bonchev–Trinajstić information content (AvgIpc) is 2.46. The van der Waals surface area contributed by atoms with Crippen LogP contribution in [0.4, 0.5) is 0 Å². The number of morpholine rings is 1. The van der Waals surface area contributed by atoms with Crippen LogP contribution in [0, 0.1) is 0 Å². The second kappa shape index (κ2) is 6.86. The van der Waals surface area contributed by atoms with Gasteiger partial charge in [0.2, 0.25) is 5.91 Å². The second-order valence-corrected chi connectivity index (χ2v) is 5.04. The molecule has 6 nitrogen and oxygen atoms in total. The van der Waals surface area contributed by atoms with E-state index in [1.54, 1.807) is 0 Å². The first-order valence-corrected chi connectivity index (χ1v) is 6.90. The highest BCUT2D eigenvalue weighted by molar-refractivity contribution is 5.84. The van der Waals surface area contributed by atoms with Crippen LogP contribution in [0.25, 0.3) is 0 Å². The van der Waals surface area contributed by atoms with Gasteiger partial charge >= 0.3 is 5.97 Å². The summed E-state index contributed by atoms with van der Waals surface area (Å²) >= 11 is 0. The summed E-state index contributed by atoms with van der Waals surface area (Å²) in [5.74, 6) is -1.10. The van der Waals surface area contributed by atoms with Crippen LogP contribution in [0.5, 0.6) is 0 Å². The lowest BCUT2D eigenvalue weighted by molar-refractivity contribution is -0.158. The standard InChI is InChI=1S/C13H21NO5/c15-12(5-4-10-3-1-2-7-19-10)14-6-8-18-9-11(14)13(16)17/h10-11H,1-9H2,(H,16,17)/t10-,11+/m0/s1. The lowest BCUT2D eigenvalue weighted by Crippen LogP contribution is -2.52. The van der Waals surface area contributed by atoms with Crippen LogP contribution in [-0.4, -0.2) is 60.4 Å². The molecule has 0 aromatic rings. The zero-order valence-corrected chi connectivity index (χ0v) is 11.0. The van der Waals surface area contributed by atoms with Gasteiger partial charge in [0.15, 0.2) is 6.04 Å². The average molecular weight is 271 g/mol. The second-order valence-electron chi connectivity index (χ2n) is 5.04. The van der Waals surface area contributed by atoms with Crippen molar-refractivity contribution in [3.63, 3.8) is 0 Å². The van der Waals surface area contributed by atoms with E-state index in [4.69, 9.17) is 14.6 Å². The van der Waals surface area contributed by atoms with E-state index < -0.39 is 12.0 Å². The third-order valence-electron chi connectivity index (χ3n) is 3.69. The van der Waals surface area contributed by atoms with Crippen LogP contribution in [-0.2, 0) is 19.1 Å². The highest BCUT2D eigenvalue weighted by Crippen LogP contribution is 2.18. The summed E-state index contributed by atoms with van der Waals surface area (Å²) in [6.07, 6.45) is 4.43. The summed E-state index contributed by atoms with van der Waals surface area (Å²) in [5, 5.41) is 9.08. The molecule has 0 radical (unpaired) electrons. The Bertz CT molecular complexity index is 327. The molecule has 2 heterocycles. The monoisotopic (exact) mass is 271 g/mol. The quantitative estimate of drug-likeness (QED) is 0.812. The minimum atomic E-state index is -0.998. The minimum Gasteiger partial charge on any atom is -0.480 e. The number of carboxylic acids is 1. The highest BCUT2D eigenvalue weighted by Gasteiger charge is 2.32. The van der Waals surface area contributed by atoms with E-state index in [9.17, 15) is 9.59 Å². The van der Waals surface area contributed by atoms with Crippen molar-refractivity contribution in [3.05, 3.63) is 0 Å². The fourth-order valence-corrected chi connectivity index (χ4v) is 2.57. The summed E-state index contributed by atoms with van der Waals surface area (Å²) in [7, 11) is 0. The molecule has 19 heavy (non-hydrogen) atoms. The van der Waals surface area contributed by atoms with Gasteiger partial charge in [-0.3, -0.25) is 4.79 Å². The summed E-state index contributed by atoms with van der Waals surface area (Å²) in [6, 6.07) is -0.839. The molecule has 0 unspecified atom stereocenters. The third-order valence-corrected chi connectivity index (χ3v) is 3.69. The Labute approximate surface area is 112 Å². The number of nitrogens with zero attached hydrogens (tertiary/aromatic N) is 1. The molecular weight excluding hydrogens is 250 g/mol. The molecule has 0 bridgehead atoms. The smallest absolute Gasteiger partial charge is 0.328 e. The van der Waals surface area contributed by atoms with E-state index in [1.807, 2.05) is 0 Å². The van der Waals surface area contributed by atoms with Crippen LogP contribution in [0.3, 0.4) is 0 Å². The Morgan fingerprint density at radius 2 is 2.11 bits per heavy atom. The molecule has 2 fully saturated rings. The van der Waals surface area contributed by atoms with Crippen LogP contribution in [0.2, 0.25) is 0 Å². The first-order chi connectivity index (χ1) is 9.18. The molecule has 0 saturated carbocycles. The van der Waals surface area contributed by atoms with Crippen molar-refractivity contribution >= 4 is 11.9 Å². The largest absolute Gasteiger partial charge is 0.480 e. The maximum Gasteiger partial charge on any atom is 0.328 e. The van der Waals surface area contributed by atoms with Crippen LogP contribution < -0.4 is 0 Å². The molecule has 2 aliphatic rings. The van der Waals surface area contributed by atoms with Gasteiger partial charge in [0.25, 0.3) is 0 Å². The third kappa shape index (κ3) is 3.91. The van der Waals surface area contributed by atoms with Gasteiger partial charge in [-0.05, 0) is 25.7 Å². The first kappa shape index (κ1) is 14.3. The molecule has 1 amide bonds. The summed E-state index contributed by atoms with van der Waals surface area (Å²) in [5.41, 5.74) is 0. The number of aliphatic carboxylic acids is 1. The van der Waals surface area contributed by atoms with Gasteiger partial charge in [-0.25, -0.2) is 4.79 Å². The highest BCUT2D eigenvalue weighted by atomic mass is 16.5. The van der Waals surface area contributed by atoms with E-state index >= 15 is 0 Å². The van der Waals surface area contributed by atoms with Gasteiger partial charge in [-0.2, -0.15) is 0 Å². The number of rotatable bonds is 4. The number of carboxylic acid groups (broad SMARTS) is 1. The van der Waals surface area contributed by atoms with Crippen molar-refractivity contribution in [2.45, 2.75) is 44.2 Å². The van der Waals surface area contributed by atoms with Gasteiger partial charge in [0.1, 0.15) is 0 Å². The summed E-state index contributed by atoms with van der Waals surface area (Å²) < 4.78 is 10.7. The molecule has 0 aliphatic carbocycles. The Kier molecular flexibility index (Phi) is 5.15. The molecule has 0 aromatic carbocycles. The van der Waals surface area contributed by atoms with Crippen molar-refractivity contribution in [1.29, 1.82) is 0 Å². The summed E-state index contributed by atoms with van der Waals surface area (Å²) in [6.45, 7) is 1.63. The van der Waals surface area contributed by atoms with Crippen molar-refractivity contribution in [3.8, 4) is 0 Å². The molecule has 6 heteroatoms. The number of carbonyl (C=O) groups is 2. The van der Waals surface area contributed by atoms with Crippen molar-refractivity contribution < 1.29 is 24.2 Å². The number of hydrogen-bond acceptors (Lipinski definition) is 4. The maximum absolute atomic E-state index is 12.1. The SMILES string of the molecule is O=C(O)[C@H]1COCCN1C(=O)CC[C@@H]1CCCCO1. The molecule has 2 atom stereocenters. The van der Waals surface area contributed by atoms with E-state index in [0.717, 1.165) is 25.9 Å². The topological polar surface area (TPSA) is 76.1 Å². The van der Waals surface area contributed by atoms with Crippen molar-refractivity contribution in [2.75, 3.05) is 26.4 Å². The zero-order chi connectivity index (χ0) is 13.7. The van der Waals surface area contributed by atoms with Crippen molar-refractivity contribution in [1.82, 2.24) is 4.90 Å². The summed E-state index contributed by atoms with van der Waals surface area (Å²) in [4.78, 5) is 24.6. The Balaban J connectivity index is 1.81. The van der Waals surface area contributed by atoms with E-state index in [-0.39, 0.29) is 18.6 Å². The first-order valence-electron chi connectivity index (χ1n) is 6.90. The molecule has 1 N–H and O–H groups in total. The molecule has 2 rings (SSSR count). The fraction of sp³-hybridized carbons (Fsp3) is 0.846. The predicted molar refractivity (Wildman–Crippen MR) is 66.8 cm³/mol. The normalized spacial score (nSPS) is 28.1. The van der Waals surface area contributed by atoms with Gasteiger partial charge < -0.3 is 19.5 Å². The molecule has 2 saturated heterocycles. The van der Waals surface area contributed by atoms with Crippen molar-refractivity contribution in [2.24, 2.45) is 0 Å². The fourth-order valence-electron chi connectivity index (χ4n) is 2.57. The van der Waals surface area contributed by atoms with Gasteiger partial charge in [-0.15, -0.1) is 0 Å². The minimum absolute atomic E-state index is 0.0843. The molecule has 2 aliphatic heterocycles. The number of amides is 1. The zero-order valence-electron chi connectivity index (χ0n) is 11.0. The Morgan fingerprint density at radius 1 is 1.26 bits per heavy atom. The Morgan fingerprint density at radius 3 is 2.79 bits per heavy atom. The van der Waals surface area contributed by atoms with E-state index in [2.05, 4.69) is 0 Å². The molecule has 0 spiro atoms. The maximum atomic E-state index is 12.1. The van der Waals surface area contributed by atoms with E-state index in [1.165, 1.54) is 4.90 Å². The molecule has 108 valence electrons. The van der Waals surface area contributed by atoms with E-state index in [0.29, 0.717) is 26.0 Å². The lowest BCUT2D eigenvalue weighted by Gasteiger charge is -2.33. The number of ether oxygens (including phenoxy) is 2. The lowest BCUT2D eigenvalue weighted by atomic mass is 10.0. The van der Waals surface area contributed by atoms with Crippen LogP contribution in [0.1, 0.15) is 32.1 Å².